The van der Waals surface area contributed by atoms with Crippen molar-refractivity contribution in [2.75, 3.05) is 19.6 Å². The fraction of sp³-hybridized carbons (Fsp3) is 0.853. The lowest BCUT2D eigenvalue weighted by atomic mass is 9.96. The Morgan fingerprint density at radius 3 is 1.07 bits per heavy atom. The summed E-state index contributed by atoms with van der Waals surface area (Å²) in [4.78, 5) is 35.9. The van der Waals surface area contributed by atoms with Crippen LogP contribution in [0.2, 0.25) is 0 Å². The van der Waals surface area contributed by atoms with E-state index in [4.69, 9.17) is 0 Å². The van der Waals surface area contributed by atoms with Gasteiger partial charge in [-0.15, -0.1) is 0 Å². The van der Waals surface area contributed by atoms with Crippen molar-refractivity contribution in [1.29, 1.82) is 0 Å². The first-order chi connectivity index (χ1) is 19.7. The molecule has 0 saturated carbocycles. The molecule has 0 bridgehead atoms. The van der Waals surface area contributed by atoms with Gasteiger partial charge < -0.3 is 15.3 Å². The van der Waals surface area contributed by atoms with Gasteiger partial charge in [0.2, 0.25) is 0 Å². The largest absolute Gasteiger partial charge is 0.481 e. The minimum absolute atomic E-state index is 0.0825. The van der Waals surface area contributed by atoms with Crippen LogP contribution < -0.4 is 0 Å². The predicted octanol–water partition coefficient (Wildman–Crippen LogP) is 8.91. The Morgan fingerprint density at radius 2 is 0.805 bits per heavy atom. The molecular weight excluding hydrogens is 518 g/mol. The summed E-state index contributed by atoms with van der Waals surface area (Å²) >= 11 is 0. The molecule has 0 aromatic carbocycles. The number of unbranched alkanes of at least 4 members (excludes halogenated alkanes) is 15. The molecular formula is C34H64NO6+. The van der Waals surface area contributed by atoms with Crippen molar-refractivity contribution in [2.45, 2.75) is 150 Å². The van der Waals surface area contributed by atoms with Gasteiger partial charge in [-0.25, -0.2) is 0 Å². The van der Waals surface area contributed by atoms with E-state index in [-0.39, 0.29) is 24.1 Å². The number of carboxylic acids is 3. The van der Waals surface area contributed by atoms with Crippen LogP contribution in [0.5, 0.6) is 0 Å². The summed E-state index contributed by atoms with van der Waals surface area (Å²) in [5.41, 5.74) is 0. The second-order valence-electron chi connectivity index (χ2n) is 12.2. The molecule has 0 radical (unpaired) electrons. The van der Waals surface area contributed by atoms with Gasteiger partial charge in [-0.3, -0.25) is 18.9 Å². The minimum Gasteiger partial charge on any atom is -0.481 e. The Kier molecular flexibility index (Phi) is 23.5. The smallest absolute Gasteiger partial charge is 0.312 e. The summed E-state index contributed by atoms with van der Waals surface area (Å²) in [6.07, 6.45) is 25.6. The van der Waals surface area contributed by atoms with Gasteiger partial charge in [-0.05, 0) is 38.2 Å². The minimum atomic E-state index is -0.919. The summed E-state index contributed by atoms with van der Waals surface area (Å²) in [6, 6.07) is 0. The van der Waals surface area contributed by atoms with E-state index in [2.05, 4.69) is 6.92 Å². The van der Waals surface area contributed by atoms with E-state index in [0.717, 1.165) is 19.3 Å². The molecule has 0 heterocycles. The Labute approximate surface area is 251 Å². The van der Waals surface area contributed by atoms with E-state index in [1.807, 2.05) is 33.0 Å². The van der Waals surface area contributed by atoms with Crippen LogP contribution in [0.25, 0.3) is 0 Å². The van der Waals surface area contributed by atoms with Crippen molar-refractivity contribution in [3.8, 4) is 0 Å². The van der Waals surface area contributed by atoms with Gasteiger partial charge in [0.05, 0.1) is 25.8 Å². The summed E-state index contributed by atoms with van der Waals surface area (Å²) in [7, 11) is 0. The van der Waals surface area contributed by atoms with Crippen LogP contribution in [0, 0.1) is 17.8 Å². The van der Waals surface area contributed by atoms with Crippen LogP contribution in [0.4, 0.5) is 0 Å². The third-order valence-corrected chi connectivity index (χ3v) is 8.67. The Hall–Kier alpha value is -1.89. The molecule has 3 unspecified atom stereocenters. The van der Waals surface area contributed by atoms with E-state index in [9.17, 15) is 29.7 Å². The highest BCUT2D eigenvalue weighted by atomic mass is 16.4. The number of hydrogen-bond donors (Lipinski definition) is 3. The van der Waals surface area contributed by atoms with E-state index in [0.29, 0.717) is 19.3 Å². The van der Waals surface area contributed by atoms with E-state index < -0.39 is 35.7 Å². The van der Waals surface area contributed by atoms with Crippen molar-refractivity contribution in [1.82, 2.24) is 0 Å². The summed E-state index contributed by atoms with van der Waals surface area (Å²) in [6.45, 7) is 8.32. The SMILES string of the molecule is CCCCCCCCCCCCCCCCC/C=C/[N+](CC(CC)C(=O)O)(CC(CC)C(=O)O)CC(CC)C(=O)O. The van der Waals surface area contributed by atoms with Crippen LogP contribution in [-0.4, -0.2) is 57.3 Å². The van der Waals surface area contributed by atoms with Crippen LogP contribution in [0.1, 0.15) is 150 Å². The number of nitrogens with zero attached hydrogens (tertiary/aromatic N) is 1. The Bertz CT molecular complexity index is 662. The third kappa shape index (κ3) is 19.0. The van der Waals surface area contributed by atoms with Crippen LogP contribution in [0.3, 0.4) is 0 Å². The molecule has 0 spiro atoms. The van der Waals surface area contributed by atoms with Gasteiger partial charge in [0, 0.05) is 0 Å². The lowest BCUT2D eigenvalue weighted by molar-refractivity contribution is -0.887. The number of quaternary nitrogens is 1. The summed E-state index contributed by atoms with van der Waals surface area (Å²) in [5, 5.41) is 29.4. The number of rotatable bonds is 29. The van der Waals surface area contributed by atoms with Crippen LogP contribution in [0.15, 0.2) is 12.3 Å². The lowest BCUT2D eigenvalue weighted by Gasteiger charge is -2.40. The standard InChI is InChI=1S/C34H63NO6/c1-5-9-10-11-12-13-14-15-16-17-18-19-20-21-22-23-24-25-35(26-29(6-2)32(36)37,27-30(7-3)33(38)39)28-31(8-4)34(40)41/h24-25,29-31H,5-23,26-28H2,1-4H3,(H2-,36,37,38,39,40,41)/p+1/b25-24+. The van der Waals surface area contributed by atoms with E-state index in [1.54, 1.807) is 0 Å². The first-order valence-corrected chi connectivity index (χ1v) is 16.9. The molecule has 0 aliphatic heterocycles. The maximum absolute atomic E-state index is 12.0. The highest BCUT2D eigenvalue weighted by molar-refractivity contribution is 5.71. The Balaban J connectivity index is 4.87. The second-order valence-corrected chi connectivity index (χ2v) is 12.2. The van der Waals surface area contributed by atoms with E-state index >= 15 is 0 Å². The maximum Gasteiger partial charge on any atom is 0.312 e. The molecule has 0 aromatic heterocycles. The zero-order valence-electron chi connectivity index (χ0n) is 27.0. The quantitative estimate of drug-likeness (QED) is 0.0599. The molecule has 3 atom stereocenters. The van der Waals surface area contributed by atoms with Crippen molar-refractivity contribution < 1.29 is 34.2 Å². The lowest BCUT2D eigenvalue weighted by Crippen LogP contribution is -2.54. The van der Waals surface area contributed by atoms with Crippen LogP contribution >= 0.6 is 0 Å². The average molecular weight is 583 g/mol. The topological polar surface area (TPSA) is 112 Å². The maximum atomic E-state index is 12.0. The summed E-state index contributed by atoms with van der Waals surface area (Å²) in [5.74, 6) is -4.75. The van der Waals surface area contributed by atoms with Gasteiger partial charge in [-0.2, -0.15) is 0 Å². The monoisotopic (exact) mass is 582 g/mol. The number of aliphatic carboxylic acids is 3. The number of allylic oxidation sites excluding steroid dienone is 1. The number of carbonyl (C=O) groups is 3. The molecule has 240 valence electrons. The second kappa shape index (κ2) is 24.7. The third-order valence-electron chi connectivity index (χ3n) is 8.67. The molecule has 0 fully saturated rings. The van der Waals surface area contributed by atoms with Gasteiger partial charge in [0.15, 0.2) is 0 Å². The molecule has 3 N–H and O–H groups in total. The first kappa shape index (κ1) is 39.1. The van der Waals surface area contributed by atoms with Crippen molar-refractivity contribution in [3.05, 3.63) is 12.3 Å². The molecule has 0 aliphatic rings. The van der Waals surface area contributed by atoms with Crippen molar-refractivity contribution in [2.24, 2.45) is 17.8 Å². The highest BCUT2D eigenvalue weighted by Crippen LogP contribution is 2.25. The average Bonchev–Trinajstić information content (AvgIpc) is 2.94. The fourth-order valence-electron chi connectivity index (χ4n) is 5.80. The zero-order chi connectivity index (χ0) is 30.9. The predicted molar refractivity (Wildman–Crippen MR) is 168 cm³/mol. The molecule has 7 nitrogen and oxygen atoms in total. The molecule has 0 aromatic rings. The summed E-state index contributed by atoms with van der Waals surface area (Å²) < 4.78 is 0.0825. The Morgan fingerprint density at radius 1 is 0.512 bits per heavy atom. The first-order valence-electron chi connectivity index (χ1n) is 16.9. The molecule has 0 saturated heterocycles. The normalized spacial score (nSPS) is 15.4. The van der Waals surface area contributed by atoms with Gasteiger partial charge in [-0.1, -0.05) is 118 Å². The number of carboxylic acid groups (broad SMARTS) is 3. The van der Waals surface area contributed by atoms with E-state index in [1.165, 1.54) is 83.5 Å². The molecule has 0 amide bonds. The zero-order valence-corrected chi connectivity index (χ0v) is 27.0. The highest BCUT2D eigenvalue weighted by Gasteiger charge is 2.39. The number of hydrogen-bond acceptors (Lipinski definition) is 3. The van der Waals surface area contributed by atoms with Gasteiger partial charge in [0.25, 0.3) is 0 Å². The van der Waals surface area contributed by atoms with Gasteiger partial charge >= 0.3 is 17.9 Å². The molecule has 0 aliphatic carbocycles. The van der Waals surface area contributed by atoms with Crippen molar-refractivity contribution in [3.63, 3.8) is 0 Å². The molecule has 0 rings (SSSR count). The van der Waals surface area contributed by atoms with Gasteiger partial charge in [0.1, 0.15) is 17.8 Å². The van der Waals surface area contributed by atoms with Crippen LogP contribution in [-0.2, 0) is 14.4 Å². The molecule has 41 heavy (non-hydrogen) atoms. The van der Waals surface area contributed by atoms with Crippen molar-refractivity contribution >= 4 is 17.9 Å². The molecule has 7 heteroatoms. The fourth-order valence-corrected chi connectivity index (χ4v) is 5.80.